The van der Waals surface area contributed by atoms with Gasteiger partial charge in [0, 0.05) is 36.8 Å². The number of aryl methyl sites for hydroxylation is 1. The van der Waals surface area contributed by atoms with E-state index in [9.17, 15) is 4.79 Å². The summed E-state index contributed by atoms with van der Waals surface area (Å²) in [6.45, 7) is 5.90. The smallest absolute Gasteiger partial charge is 0.256 e. The van der Waals surface area contributed by atoms with Crippen LogP contribution in [0.1, 0.15) is 22.8 Å². The summed E-state index contributed by atoms with van der Waals surface area (Å²) in [5, 5.41) is 3.63. The number of rotatable bonds is 2. The van der Waals surface area contributed by atoms with Crippen LogP contribution in [-0.4, -0.2) is 41.9 Å². The zero-order valence-corrected chi connectivity index (χ0v) is 12.0. The van der Waals surface area contributed by atoms with Gasteiger partial charge < -0.3 is 10.2 Å². The lowest BCUT2D eigenvalue weighted by atomic mass is 10.1. The maximum atomic E-state index is 12.6. The molecule has 1 aliphatic rings. The molecule has 1 N–H and O–H groups in total. The SMILES string of the molecule is CNc1ccc(C)cc1C(=O)N1CCSC(C)C1. The fraction of sp³-hybridized carbons (Fsp3) is 0.500. The van der Waals surface area contributed by atoms with Gasteiger partial charge in [0.25, 0.3) is 5.91 Å². The Morgan fingerprint density at radius 2 is 2.28 bits per heavy atom. The zero-order chi connectivity index (χ0) is 13.1. The van der Waals surface area contributed by atoms with Gasteiger partial charge in [0.15, 0.2) is 0 Å². The molecule has 3 nitrogen and oxygen atoms in total. The van der Waals surface area contributed by atoms with E-state index in [2.05, 4.69) is 12.2 Å². The summed E-state index contributed by atoms with van der Waals surface area (Å²) < 4.78 is 0. The molecule has 1 saturated heterocycles. The van der Waals surface area contributed by atoms with E-state index in [-0.39, 0.29) is 5.91 Å². The van der Waals surface area contributed by atoms with Crippen molar-refractivity contribution < 1.29 is 4.79 Å². The van der Waals surface area contributed by atoms with Crippen LogP contribution in [0.4, 0.5) is 5.69 Å². The number of nitrogens with one attached hydrogen (secondary N) is 1. The minimum atomic E-state index is 0.148. The molecule has 1 atom stereocenters. The van der Waals surface area contributed by atoms with Gasteiger partial charge in [-0.1, -0.05) is 18.6 Å². The van der Waals surface area contributed by atoms with E-state index >= 15 is 0 Å². The van der Waals surface area contributed by atoms with Crippen LogP contribution in [0.15, 0.2) is 18.2 Å². The Kier molecular flexibility index (Phi) is 4.17. The van der Waals surface area contributed by atoms with Crippen LogP contribution in [0.25, 0.3) is 0 Å². The molecule has 0 aliphatic carbocycles. The summed E-state index contributed by atoms with van der Waals surface area (Å²) in [4.78, 5) is 14.5. The van der Waals surface area contributed by atoms with E-state index in [1.54, 1.807) is 0 Å². The van der Waals surface area contributed by atoms with Crippen molar-refractivity contribution in [3.05, 3.63) is 29.3 Å². The second-order valence-electron chi connectivity index (χ2n) is 4.73. The molecule has 0 saturated carbocycles. The van der Waals surface area contributed by atoms with Crippen molar-refractivity contribution >= 4 is 23.4 Å². The Labute approximate surface area is 113 Å². The van der Waals surface area contributed by atoms with Crippen molar-refractivity contribution in [3.8, 4) is 0 Å². The predicted octanol–water partition coefficient (Wildman–Crippen LogP) is 2.61. The number of carbonyl (C=O) groups excluding carboxylic acids is 1. The first-order chi connectivity index (χ1) is 8.61. The quantitative estimate of drug-likeness (QED) is 0.891. The molecule has 1 unspecified atom stereocenters. The van der Waals surface area contributed by atoms with E-state index in [0.717, 1.165) is 35.7 Å². The Morgan fingerprint density at radius 3 is 2.94 bits per heavy atom. The third-order valence-electron chi connectivity index (χ3n) is 3.20. The Balaban J connectivity index is 2.24. The van der Waals surface area contributed by atoms with Gasteiger partial charge in [-0.2, -0.15) is 11.8 Å². The molecule has 1 fully saturated rings. The minimum Gasteiger partial charge on any atom is -0.387 e. The van der Waals surface area contributed by atoms with E-state index in [1.165, 1.54) is 0 Å². The lowest BCUT2D eigenvalue weighted by molar-refractivity contribution is 0.0764. The van der Waals surface area contributed by atoms with Crippen LogP contribution in [-0.2, 0) is 0 Å². The Hall–Kier alpha value is -1.16. The van der Waals surface area contributed by atoms with Crippen LogP contribution in [0.2, 0.25) is 0 Å². The van der Waals surface area contributed by atoms with Crippen LogP contribution in [0.5, 0.6) is 0 Å². The second-order valence-corrected chi connectivity index (χ2v) is 6.28. The van der Waals surface area contributed by atoms with E-state index in [4.69, 9.17) is 0 Å². The summed E-state index contributed by atoms with van der Waals surface area (Å²) in [6, 6.07) is 5.97. The molecule has 2 rings (SSSR count). The normalized spacial score (nSPS) is 19.7. The standard InChI is InChI=1S/C14H20N2OS/c1-10-4-5-13(15-3)12(8-10)14(17)16-6-7-18-11(2)9-16/h4-5,8,11,15H,6-7,9H2,1-3H3. The van der Waals surface area contributed by atoms with Crippen LogP contribution in [0, 0.1) is 6.92 Å². The molecule has 4 heteroatoms. The highest BCUT2D eigenvalue weighted by Gasteiger charge is 2.23. The third kappa shape index (κ3) is 2.80. The highest BCUT2D eigenvalue weighted by Crippen LogP contribution is 2.23. The molecule has 0 bridgehead atoms. The number of anilines is 1. The number of amides is 1. The zero-order valence-electron chi connectivity index (χ0n) is 11.2. The van der Waals surface area contributed by atoms with E-state index < -0.39 is 0 Å². The number of nitrogens with zero attached hydrogens (tertiary/aromatic N) is 1. The number of benzene rings is 1. The van der Waals surface area contributed by atoms with E-state index in [1.807, 2.05) is 48.8 Å². The first kappa shape index (κ1) is 13.3. The Morgan fingerprint density at radius 1 is 1.50 bits per heavy atom. The summed E-state index contributed by atoms with van der Waals surface area (Å²) in [6.07, 6.45) is 0. The Bertz CT molecular complexity index is 447. The van der Waals surface area contributed by atoms with Gasteiger partial charge in [0.2, 0.25) is 0 Å². The molecule has 1 amide bonds. The summed E-state index contributed by atoms with van der Waals surface area (Å²) >= 11 is 1.94. The molecule has 0 aromatic heterocycles. The number of thioether (sulfide) groups is 1. The fourth-order valence-corrected chi connectivity index (χ4v) is 3.24. The summed E-state index contributed by atoms with van der Waals surface area (Å²) in [7, 11) is 1.86. The first-order valence-electron chi connectivity index (χ1n) is 6.31. The van der Waals surface area contributed by atoms with Crippen molar-refractivity contribution in [3.63, 3.8) is 0 Å². The molecule has 1 aromatic carbocycles. The van der Waals surface area contributed by atoms with Gasteiger partial charge in [-0.25, -0.2) is 0 Å². The van der Waals surface area contributed by atoms with Crippen LogP contribution < -0.4 is 5.32 Å². The fourth-order valence-electron chi connectivity index (χ4n) is 2.23. The second kappa shape index (κ2) is 5.65. The molecule has 0 radical (unpaired) electrons. The minimum absolute atomic E-state index is 0.148. The average molecular weight is 264 g/mol. The van der Waals surface area contributed by atoms with Crippen molar-refractivity contribution in [1.82, 2.24) is 4.90 Å². The van der Waals surface area contributed by atoms with Gasteiger partial charge >= 0.3 is 0 Å². The third-order valence-corrected chi connectivity index (χ3v) is 4.34. The lowest BCUT2D eigenvalue weighted by Gasteiger charge is -2.31. The molecule has 1 aromatic rings. The number of hydrogen-bond acceptors (Lipinski definition) is 3. The highest BCUT2D eigenvalue weighted by atomic mass is 32.2. The maximum absolute atomic E-state index is 12.6. The van der Waals surface area contributed by atoms with Crippen molar-refractivity contribution in [1.29, 1.82) is 0 Å². The van der Waals surface area contributed by atoms with Gasteiger partial charge in [-0.05, 0) is 19.1 Å². The van der Waals surface area contributed by atoms with Gasteiger partial charge in [-0.3, -0.25) is 4.79 Å². The predicted molar refractivity (Wildman–Crippen MR) is 78.5 cm³/mol. The lowest BCUT2D eigenvalue weighted by Crippen LogP contribution is -2.41. The molecule has 98 valence electrons. The molecule has 18 heavy (non-hydrogen) atoms. The highest BCUT2D eigenvalue weighted by molar-refractivity contribution is 7.99. The van der Waals surface area contributed by atoms with E-state index in [0.29, 0.717) is 5.25 Å². The van der Waals surface area contributed by atoms with Gasteiger partial charge in [-0.15, -0.1) is 0 Å². The summed E-state index contributed by atoms with van der Waals surface area (Å²) in [5.41, 5.74) is 2.82. The number of hydrogen-bond donors (Lipinski definition) is 1. The van der Waals surface area contributed by atoms with Crippen molar-refractivity contribution in [2.75, 3.05) is 31.2 Å². The topological polar surface area (TPSA) is 32.3 Å². The number of carbonyl (C=O) groups is 1. The summed E-state index contributed by atoms with van der Waals surface area (Å²) in [5.74, 6) is 1.18. The molecule has 1 aliphatic heterocycles. The van der Waals surface area contributed by atoms with Gasteiger partial charge in [0.1, 0.15) is 0 Å². The molecular weight excluding hydrogens is 244 g/mol. The van der Waals surface area contributed by atoms with Crippen molar-refractivity contribution in [2.24, 2.45) is 0 Å². The van der Waals surface area contributed by atoms with Gasteiger partial charge in [0.05, 0.1) is 5.56 Å². The monoisotopic (exact) mass is 264 g/mol. The molecule has 0 spiro atoms. The molecular formula is C14H20N2OS. The first-order valence-corrected chi connectivity index (χ1v) is 7.36. The maximum Gasteiger partial charge on any atom is 0.256 e. The largest absolute Gasteiger partial charge is 0.387 e. The van der Waals surface area contributed by atoms with Crippen LogP contribution in [0.3, 0.4) is 0 Å². The van der Waals surface area contributed by atoms with Crippen molar-refractivity contribution in [2.45, 2.75) is 19.1 Å². The molecule has 1 heterocycles. The average Bonchev–Trinajstić information content (AvgIpc) is 2.38. The van der Waals surface area contributed by atoms with Crippen LogP contribution >= 0.6 is 11.8 Å².